The van der Waals surface area contributed by atoms with Crippen LogP contribution in [0.3, 0.4) is 0 Å². The van der Waals surface area contributed by atoms with Crippen LogP contribution in [0.15, 0.2) is 42.5 Å². The lowest BCUT2D eigenvalue weighted by Gasteiger charge is -2.30. The minimum Gasteiger partial charge on any atom is -0.451 e. The summed E-state index contributed by atoms with van der Waals surface area (Å²) in [6.45, 7) is 3.67. The maximum atomic E-state index is 15.4. The van der Waals surface area contributed by atoms with E-state index in [1.807, 2.05) is 6.92 Å². The number of ether oxygens (including phenoxy) is 1. The highest BCUT2D eigenvalue weighted by Crippen LogP contribution is 2.35. The molecule has 2 aromatic rings. The molecular weight excluding hydrogens is 388 g/mol. The van der Waals surface area contributed by atoms with Gasteiger partial charge < -0.3 is 21.1 Å². The molecule has 0 unspecified atom stereocenters. The highest BCUT2D eigenvalue weighted by molar-refractivity contribution is 5.74. The third kappa shape index (κ3) is 6.00. The molecule has 0 aromatic heterocycles. The van der Waals surface area contributed by atoms with Crippen molar-refractivity contribution in [1.82, 2.24) is 10.6 Å². The minimum atomic E-state index is -0.758. The molecule has 1 fully saturated rings. The van der Waals surface area contributed by atoms with Crippen LogP contribution in [0.4, 0.5) is 8.78 Å². The fourth-order valence-electron chi connectivity index (χ4n) is 3.96. The number of rotatable bonds is 9. The Morgan fingerprint density at radius 1 is 1.20 bits per heavy atom. The summed E-state index contributed by atoms with van der Waals surface area (Å²) in [5, 5.41) is 6.65. The van der Waals surface area contributed by atoms with Crippen LogP contribution in [-0.2, 0) is 4.79 Å². The molecule has 1 amide bonds. The van der Waals surface area contributed by atoms with E-state index >= 15 is 4.39 Å². The number of amides is 1. The van der Waals surface area contributed by atoms with Crippen LogP contribution >= 0.6 is 0 Å². The first-order chi connectivity index (χ1) is 14.4. The van der Waals surface area contributed by atoms with Gasteiger partial charge >= 0.3 is 0 Å². The fraction of sp³-hybridized carbons (Fsp3) is 0.435. The Kier molecular flexibility index (Phi) is 7.76. The third-order valence-corrected chi connectivity index (χ3v) is 5.44. The zero-order chi connectivity index (χ0) is 21.5. The number of benzene rings is 2. The quantitative estimate of drug-likeness (QED) is 0.576. The summed E-state index contributed by atoms with van der Waals surface area (Å²) in [5.41, 5.74) is 5.65. The standard InChI is InChI=1S/C23H29F2N3O2/c1-15(13-21(26)29)28-20(14-16-9-11-27-12-10-16)18-7-8-19(24)23(22(18)25)30-17-5-3-2-4-6-17/h2-8,15-16,20,27-28H,9-14H2,1H3,(H2,26,29)/t15-,20-/m0/s1. The highest BCUT2D eigenvalue weighted by Gasteiger charge is 2.27. The minimum absolute atomic E-state index is 0.138. The van der Waals surface area contributed by atoms with Crippen molar-refractivity contribution >= 4 is 5.91 Å². The molecule has 30 heavy (non-hydrogen) atoms. The molecule has 1 heterocycles. The molecule has 5 nitrogen and oxygen atoms in total. The van der Waals surface area contributed by atoms with Crippen LogP contribution in [0.5, 0.6) is 11.5 Å². The maximum Gasteiger partial charge on any atom is 0.218 e. The zero-order valence-corrected chi connectivity index (χ0v) is 17.2. The number of halogens is 2. The van der Waals surface area contributed by atoms with Gasteiger partial charge in [-0.1, -0.05) is 24.3 Å². The van der Waals surface area contributed by atoms with Crippen LogP contribution < -0.4 is 21.1 Å². The van der Waals surface area contributed by atoms with Gasteiger partial charge in [0.25, 0.3) is 0 Å². The second-order valence-electron chi connectivity index (χ2n) is 7.91. The van der Waals surface area contributed by atoms with E-state index in [0.717, 1.165) is 25.9 Å². The van der Waals surface area contributed by atoms with Crippen molar-refractivity contribution in [3.8, 4) is 11.5 Å². The van der Waals surface area contributed by atoms with Crippen molar-refractivity contribution < 1.29 is 18.3 Å². The first-order valence-corrected chi connectivity index (χ1v) is 10.4. The van der Waals surface area contributed by atoms with Crippen LogP contribution in [0, 0.1) is 17.6 Å². The van der Waals surface area contributed by atoms with E-state index in [0.29, 0.717) is 23.7 Å². The van der Waals surface area contributed by atoms with Crippen LogP contribution in [-0.4, -0.2) is 25.0 Å². The van der Waals surface area contributed by atoms with Gasteiger partial charge in [-0.2, -0.15) is 0 Å². The van der Waals surface area contributed by atoms with E-state index in [4.69, 9.17) is 10.5 Å². The number of primary amides is 1. The normalized spacial score (nSPS) is 16.8. The van der Waals surface area contributed by atoms with Gasteiger partial charge in [0.1, 0.15) is 5.75 Å². The van der Waals surface area contributed by atoms with Crippen molar-refractivity contribution in [3.63, 3.8) is 0 Å². The molecule has 7 heteroatoms. The Balaban J connectivity index is 1.88. The molecular formula is C23H29F2N3O2. The summed E-state index contributed by atoms with van der Waals surface area (Å²) in [5.74, 6) is -1.57. The Morgan fingerprint density at radius 2 is 1.90 bits per heavy atom. The number of nitrogens with one attached hydrogen (secondary N) is 2. The van der Waals surface area contributed by atoms with E-state index in [1.54, 1.807) is 30.3 Å². The van der Waals surface area contributed by atoms with Crippen molar-refractivity contribution in [3.05, 3.63) is 59.7 Å². The number of piperidine rings is 1. The van der Waals surface area contributed by atoms with Gasteiger partial charge in [0, 0.05) is 24.1 Å². The number of carbonyl (C=O) groups excluding carboxylic acids is 1. The number of hydrogen-bond donors (Lipinski definition) is 3. The van der Waals surface area contributed by atoms with Crippen LogP contribution in [0.1, 0.15) is 44.2 Å². The molecule has 1 saturated heterocycles. The average molecular weight is 418 g/mol. The maximum absolute atomic E-state index is 15.4. The first kappa shape index (κ1) is 22.2. The molecule has 2 aromatic carbocycles. The van der Waals surface area contributed by atoms with E-state index in [2.05, 4.69) is 10.6 Å². The lowest BCUT2D eigenvalue weighted by atomic mass is 9.87. The van der Waals surface area contributed by atoms with Crippen molar-refractivity contribution in [1.29, 1.82) is 0 Å². The van der Waals surface area contributed by atoms with Gasteiger partial charge in [-0.3, -0.25) is 4.79 Å². The second-order valence-corrected chi connectivity index (χ2v) is 7.91. The molecule has 0 spiro atoms. The molecule has 1 aliphatic rings. The van der Waals surface area contributed by atoms with Crippen molar-refractivity contribution in [2.24, 2.45) is 11.7 Å². The van der Waals surface area contributed by atoms with Crippen LogP contribution in [0.25, 0.3) is 0 Å². The summed E-state index contributed by atoms with van der Waals surface area (Å²) < 4.78 is 35.4. The summed E-state index contributed by atoms with van der Waals surface area (Å²) in [6.07, 6.45) is 2.79. The van der Waals surface area contributed by atoms with Gasteiger partial charge in [-0.25, -0.2) is 8.78 Å². The van der Waals surface area contributed by atoms with E-state index in [9.17, 15) is 9.18 Å². The average Bonchev–Trinajstić information content (AvgIpc) is 2.72. The number of carbonyl (C=O) groups is 1. The summed E-state index contributed by atoms with van der Waals surface area (Å²) in [6, 6.07) is 10.6. The third-order valence-electron chi connectivity index (χ3n) is 5.44. The fourth-order valence-corrected chi connectivity index (χ4v) is 3.96. The topological polar surface area (TPSA) is 76.4 Å². The highest BCUT2D eigenvalue weighted by atomic mass is 19.1. The lowest BCUT2D eigenvalue weighted by molar-refractivity contribution is -0.118. The molecule has 162 valence electrons. The molecule has 1 aliphatic heterocycles. The van der Waals surface area contributed by atoms with Gasteiger partial charge in [-0.05, 0) is 63.4 Å². The summed E-state index contributed by atoms with van der Waals surface area (Å²) in [4.78, 5) is 11.3. The number of hydrogen-bond acceptors (Lipinski definition) is 4. The van der Waals surface area contributed by atoms with E-state index in [-0.39, 0.29) is 18.5 Å². The lowest BCUT2D eigenvalue weighted by Crippen LogP contribution is -2.37. The second kappa shape index (κ2) is 10.5. The monoisotopic (exact) mass is 417 g/mol. The van der Waals surface area contributed by atoms with Gasteiger partial charge in [0.05, 0.1) is 0 Å². The largest absolute Gasteiger partial charge is 0.451 e. The summed E-state index contributed by atoms with van der Waals surface area (Å²) in [7, 11) is 0. The Bertz CT molecular complexity index is 842. The Hall–Kier alpha value is -2.51. The first-order valence-electron chi connectivity index (χ1n) is 10.4. The molecule has 2 atom stereocenters. The predicted molar refractivity (Wildman–Crippen MR) is 112 cm³/mol. The zero-order valence-electron chi connectivity index (χ0n) is 17.2. The predicted octanol–water partition coefficient (Wildman–Crippen LogP) is 4.04. The number of para-hydroxylation sites is 1. The molecule has 0 radical (unpaired) electrons. The Morgan fingerprint density at radius 3 is 2.57 bits per heavy atom. The van der Waals surface area contributed by atoms with E-state index < -0.39 is 23.3 Å². The van der Waals surface area contributed by atoms with Crippen LogP contribution in [0.2, 0.25) is 0 Å². The SMILES string of the molecule is C[C@@H](CC(N)=O)N[C@@H](CC1CCNCC1)c1ccc(F)c(Oc2ccccc2)c1F. The molecule has 3 rings (SSSR count). The Labute approximate surface area is 176 Å². The van der Waals surface area contributed by atoms with Crippen molar-refractivity contribution in [2.75, 3.05) is 13.1 Å². The smallest absolute Gasteiger partial charge is 0.218 e. The van der Waals surface area contributed by atoms with Gasteiger partial charge in [0.2, 0.25) is 5.91 Å². The molecule has 0 bridgehead atoms. The van der Waals surface area contributed by atoms with E-state index in [1.165, 1.54) is 12.1 Å². The number of nitrogens with two attached hydrogens (primary N) is 1. The van der Waals surface area contributed by atoms with Gasteiger partial charge in [0.15, 0.2) is 17.4 Å². The summed E-state index contributed by atoms with van der Waals surface area (Å²) >= 11 is 0. The molecule has 0 saturated carbocycles. The molecule has 0 aliphatic carbocycles. The van der Waals surface area contributed by atoms with Crippen molar-refractivity contribution in [2.45, 2.75) is 44.7 Å². The molecule has 4 N–H and O–H groups in total. The van der Waals surface area contributed by atoms with Gasteiger partial charge in [-0.15, -0.1) is 0 Å².